The lowest BCUT2D eigenvalue weighted by atomic mass is 10.1. The van der Waals surface area contributed by atoms with E-state index >= 15 is 0 Å². The highest BCUT2D eigenvalue weighted by Gasteiger charge is 1.88. The summed E-state index contributed by atoms with van der Waals surface area (Å²) in [4.78, 5) is 0. The van der Waals surface area contributed by atoms with E-state index in [1.807, 2.05) is 0 Å². The highest BCUT2D eigenvalue weighted by atomic mass is 14.5. The molecule has 0 saturated heterocycles. The van der Waals surface area contributed by atoms with Gasteiger partial charge in [0.2, 0.25) is 0 Å². The van der Waals surface area contributed by atoms with E-state index in [0.29, 0.717) is 5.92 Å². The SMILES string of the molecule is CC(C)C.CCC(C)CN. The second kappa shape index (κ2) is 8.96. The first-order chi connectivity index (χ1) is 4.54. The number of hydrogen-bond donors (Lipinski definition) is 1. The van der Waals surface area contributed by atoms with Crippen molar-refractivity contribution in [1.29, 1.82) is 0 Å². The summed E-state index contributed by atoms with van der Waals surface area (Å²) in [6, 6.07) is 0. The smallest absolute Gasteiger partial charge is 0.00516 e. The maximum Gasteiger partial charge on any atom is -0.00516 e. The van der Waals surface area contributed by atoms with Crippen molar-refractivity contribution in [1.82, 2.24) is 0 Å². The lowest BCUT2D eigenvalue weighted by Crippen LogP contribution is -2.08. The lowest BCUT2D eigenvalue weighted by molar-refractivity contribution is 0.576. The Morgan fingerprint density at radius 1 is 1.10 bits per heavy atom. The van der Waals surface area contributed by atoms with E-state index in [9.17, 15) is 0 Å². The molecule has 0 aliphatic carbocycles. The average molecular weight is 145 g/mol. The third-order valence-corrected chi connectivity index (χ3v) is 1.10. The van der Waals surface area contributed by atoms with Crippen LogP contribution in [0.15, 0.2) is 0 Å². The Morgan fingerprint density at radius 3 is 1.40 bits per heavy atom. The highest BCUT2D eigenvalue weighted by molar-refractivity contribution is 4.45. The van der Waals surface area contributed by atoms with E-state index in [1.54, 1.807) is 0 Å². The van der Waals surface area contributed by atoms with Gasteiger partial charge in [-0.25, -0.2) is 0 Å². The van der Waals surface area contributed by atoms with Gasteiger partial charge in [-0.05, 0) is 18.4 Å². The normalized spacial score (nSPS) is 12.3. The summed E-state index contributed by atoms with van der Waals surface area (Å²) < 4.78 is 0. The van der Waals surface area contributed by atoms with Gasteiger partial charge >= 0.3 is 0 Å². The molecule has 0 saturated carbocycles. The first-order valence-corrected chi connectivity index (χ1v) is 4.24. The van der Waals surface area contributed by atoms with Crippen LogP contribution < -0.4 is 5.73 Å². The summed E-state index contributed by atoms with van der Waals surface area (Å²) in [5.41, 5.74) is 5.28. The number of rotatable bonds is 2. The second-order valence-electron chi connectivity index (χ2n) is 3.48. The Bertz CT molecular complexity index is 43.9. The molecule has 0 aromatic heterocycles. The number of hydrogen-bond acceptors (Lipinski definition) is 1. The van der Waals surface area contributed by atoms with Crippen LogP contribution in [0, 0.1) is 11.8 Å². The van der Waals surface area contributed by atoms with Crippen LogP contribution in [0.4, 0.5) is 0 Å². The van der Waals surface area contributed by atoms with Crippen LogP contribution in [0.1, 0.15) is 41.0 Å². The van der Waals surface area contributed by atoms with Gasteiger partial charge in [0.25, 0.3) is 0 Å². The van der Waals surface area contributed by atoms with Crippen LogP contribution in [0.25, 0.3) is 0 Å². The van der Waals surface area contributed by atoms with Gasteiger partial charge in [0.15, 0.2) is 0 Å². The largest absolute Gasteiger partial charge is 0.330 e. The van der Waals surface area contributed by atoms with Gasteiger partial charge in [-0.1, -0.05) is 41.0 Å². The molecule has 0 heterocycles. The molecule has 0 aromatic carbocycles. The topological polar surface area (TPSA) is 26.0 Å². The highest BCUT2D eigenvalue weighted by Crippen LogP contribution is 1.93. The van der Waals surface area contributed by atoms with Crippen molar-refractivity contribution >= 4 is 0 Å². The van der Waals surface area contributed by atoms with Crippen molar-refractivity contribution in [2.45, 2.75) is 41.0 Å². The molecule has 1 heteroatoms. The summed E-state index contributed by atoms with van der Waals surface area (Å²) in [5.74, 6) is 1.55. The summed E-state index contributed by atoms with van der Waals surface area (Å²) in [6.07, 6.45) is 1.20. The summed E-state index contributed by atoms with van der Waals surface area (Å²) in [7, 11) is 0. The minimum Gasteiger partial charge on any atom is -0.330 e. The van der Waals surface area contributed by atoms with Crippen LogP contribution in [-0.4, -0.2) is 6.54 Å². The first kappa shape index (κ1) is 12.6. The predicted molar refractivity (Wildman–Crippen MR) is 49.0 cm³/mol. The molecule has 1 atom stereocenters. The van der Waals surface area contributed by atoms with Gasteiger partial charge in [-0.3, -0.25) is 0 Å². The molecule has 0 fully saturated rings. The zero-order chi connectivity index (χ0) is 8.57. The minimum atomic E-state index is 0.713. The van der Waals surface area contributed by atoms with E-state index in [1.165, 1.54) is 6.42 Å². The van der Waals surface area contributed by atoms with Crippen LogP contribution in [0.2, 0.25) is 0 Å². The molecule has 1 nitrogen and oxygen atoms in total. The van der Waals surface area contributed by atoms with Crippen LogP contribution in [0.3, 0.4) is 0 Å². The summed E-state index contributed by atoms with van der Waals surface area (Å²) >= 11 is 0. The molecule has 0 amide bonds. The Morgan fingerprint density at radius 2 is 1.40 bits per heavy atom. The Kier molecular flexibility index (Phi) is 11.3. The molecule has 64 valence electrons. The Hall–Kier alpha value is -0.0400. The molecule has 0 spiro atoms. The third-order valence-electron chi connectivity index (χ3n) is 1.10. The molecular weight excluding hydrogens is 122 g/mol. The minimum absolute atomic E-state index is 0.713. The standard InChI is InChI=1S/C5H13N.C4H10/c1-3-5(2)4-6;1-4(2)3/h5H,3-4,6H2,1-2H3;4H,1-3H3. The summed E-state index contributed by atoms with van der Waals surface area (Å²) in [5, 5.41) is 0. The van der Waals surface area contributed by atoms with Gasteiger partial charge in [-0.2, -0.15) is 0 Å². The quantitative estimate of drug-likeness (QED) is 0.635. The van der Waals surface area contributed by atoms with E-state index in [0.717, 1.165) is 12.5 Å². The Labute approximate surface area is 66.0 Å². The van der Waals surface area contributed by atoms with E-state index in [2.05, 4.69) is 34.6 Å². The predicted octanol–water partition coefficient (Wildman–Crippen LogP) is 2.65. The van der Waals surface area contributed by atoms with Crippen LogP contribution >= 0.6 is 0 Å². The van der Waals surface area contributed by atoms with Gasteiger partial charge in [0.1, 0.15) is 0 Å². The van der Waals surface area contributed by atoms with Crippen molar-refractivity contribution in [3.05, 3.63) is 0 Å². The van der Waals surface area contributed by atoms with Gasteiger partial charge in [-0.15, -0.1) is 0 Å². The average Bonchev–Trinajstić information content (AvgIpc) is 1.85. The van der Waals surface area contributed by atoms with Crippen molar-refractivity contribution in [3.8, 4) is 0 Å². The van der Waals surface area contributed by atoms with Crippen molar-refractivity contribution in [3.63, 3.8) is 0 Å². The molecule has 2 N–H and O–H groups in total. The Balaban J connectivity index is 0. The maximum absolute atomic E-state index is 5.28. The van der Waals surface area contributed by atoms with Gasteiger partial charge in [0.05, 0.1) is 0 Å². The van der Waals surface area contributed by atoms with Crippen molar-refractivity contribution in [2.75, 3.05) is 6.54 Å². The summed E-state index contributed by atoms with van der Waals surface area (Å²) in [6.45, 7) is 11.6. The van der Waals surface area contributed by atoms with Crippen molar-refractivity contribution < 1.29 is 0 Å². The second-order valence-corrected chi connectivity index (χ2v) is 3.48. The van der Waals surface area contributed by atoms with Crippen LogP contribution in [0.5, 0.6) is 0 Å². The molecule has 10 heavy (non-hydrogen) atoms. The van der Waals surface area contributed by atoms with E-state index in [-0.39, 0.29) is 0 Å². The van der Waals surface area contributed by atoms with Crippen LogP contribution in [-0.2, 0) is 0 Å². The van der Waals surface area contributed by atoms with E-state index < -0.39 is 0 Å². The zero-order valence-electron chi connectivity index (χ0n) is 8.15. The fourth-order valence-electron chi connectivity index (χ4n) is 0.167. The molecule has 0 aliphatic heterocycles. The van der Waals surface area contributed by atoms with Gasteiger partial charge < -0.3 is 5.73 Å². The zero-order valence-corrected chi connectivity index (χ0v) is 8.15. The van der Waals surface area contributed by atoms with E-state index in [4.69, 9.17) is 5.73 Å². The number of nitrogens with two attached hydrogens (primary N) is 1. The maximum atomic E-state index is 5.28. The van der Waals surface area contributed by atoms with Crippen molar-refractivity contribution in [2.24, 2.45) is 17.6 Å². The fourth-order valence-corrected chi connectivity index (χ4v) is 0.167. The molecular formula is C9H23N. The first-order valence-electron chi connectivity index (χ1n) is 4.24. The molecule has 0 radical (unpaired) electrons. The molecule has 1 unspecified atom stereocenters. The lowest BCUT2D eigenvalue weighted by Gasteiger charge is -1.98. The molecule has 0 aromatic rings. The molecule has 0 rings (SSSR count). The molecule has 0 bridgehead atoms. The third kappa shape index (κ3) is 24.6. The monoisotopic (exact) mass is 145 g/mol. The fraction of sp³-hybridized carbons (Fsp3) is 1.00. The van der Waals surface area contributed by atoms with Gasteiger partial charge in [0, 0.05) is 0 Å². The molecule has 0 aliphatic rings.